The molecule has 4 aromatic carbocycles. The highest BCUT2D eigenvalue weighted by molar-refractivity contribution is 5.95. The van der Waals surface area contributed by atoms with Crippen molar-refractivity contribution in [2.45, 2.75) is 19.4 Å². The molecular formula is C42H45N7O7. The maximum absolute atomic E-state index is 12.2. The first-order valence-electron chi connectivity index (χ1n) is 18.2. The highest BCUT2D eigenvalue weighted by atomic mass is 16.7. The Morgan fingerprint density at radius 3 is 2.46 bits per heavy atom. The molecule has 2 aromatic heterocycles. The number of nitrogens with zero attached hydrogens (tertiary/aromatic N) is 6. The zero-order valence-corrected chi connectivity index (χ0v) is 32.1. The van der Waals surface area contributed by atoms with E-state index in [0.29, 0.717) is 61.5 Å². The summed E-state index contributed by atoms with van der Waals surface area (Å²) in [5.74, 6) is 2.18. The van der Waals surface area contributed by atoms with Gasteiger partial charge in [-0.15, -0.1) is 0 Å². The average molecular weight is 760 g/mol. The number of benzene rings is 4. The van der Waals surface area contributed by atoms with Crippen molar-refractivity contribution in [2.75, 3.05) is 71.9 Å². The summed E-state index contributed by atoms with van der Waals surface area (Å²) in [4.78, 5) is 25.1. The Labute approximate surface area is 325 Å². The number of hydrogen-bond donors (Lipinski definition) is 1. The predicted octanol–water partition coefficient (Wildman–Crippen LogP) is 7.44. The summed E-state index contributed by atoms with van der Waals surface area (Å²) in [5, 5.41) is 16.4. The second-order valence-electron chi connectivity index (χ2n) is 13.6. The van der Waals surface area contributed by atoms with E-state index < -0.39 is 11.2 Å². The molecular weight excluding hydrogens is 715 g/mol. The van der Waals surface area contributed by atoms with Crippen molar-refractivity contribution in [3.05, 3.63) is 124 Å². The summed E-state index contributed by atoms with van der Waals surface area (Å²) < 4.78 is 31.6. The number of nitrogens with one attached hydrogen (secondary N) is 1. The van der Waals surface area contributed by atoms with Crippen LogP contribution in [0.25, 0.3) is 22.2 Å². The van der Waals surface area contributed by atoms with Crippen LogP contribution in [-0.2, 0) is 22.6 Å². The molecule has 1 N–H and O–H groups in total. The summed E-state index contributed by atoms with van der Waals surface area (Å²) in [6.45, 7) is 3.18. The number of ether oxygens (including phenoxy) is 5. The van der Waals surface area contributed by atoms with E-state index in [-0.39, 0.29) is 11.6 Å². The molecule has 1 aliphatic rings. The fourth-order valence-corrected chi connectivity index (χ4v) is 6.71. The normalized spacial score (nSPS) is 13.0. The maximum atomic E-state index is 12.2. The van der Waals surface area contributed by atoms with Gasteiger partial charge in [-0.25, -0.2) is 9.97 Å². The summed E-state index contributed by atoms with van der Waals surface area (Å²) >= 11 is 0. The Morgan fingerprint density at radius 2 is 1.73 bits per heavy atom. The Balaban J connectivity index is 1.20. The Bertz CT molecular complexity index is 2310. The monoisotopic (exact) mass is 759 g/mol. The van der Waals surface area contributed by atoms with Crippen LogP contribution >= 0.6 is 0 Å². The number of likely N-dealkylation sites (N-methyl/N-ethyl adjacent to an activating group) is 2. The highest BCUT2D eigenvalue weighted by Crippen LogP contribution is 2.40. The fraction of sp³-hybridized carbons (Fsp3) is 0.286. The Kier molecular flexibility index (Phi) is 11.6. The van der Waals surface area contributed by atoms with Gasteiger partial charge in [0, 0.05) is 66.7 Å². The lowest BCUT2D eigenvalue weighted by molar-refractivity contribution is -0.384. The SMILES string of the molecule is COc1ccc(COc2c(Cn3cc(-c4ccnc(Nc5cc([N+](=O)[O-])c(N(C)CCN(C)C)cc5OC)n4)c4ccccc43)cccc2C2OCCO2)cc1. The van der Waals surface area contributed by atoms with E-state index >= 15 is 0 Å². The lowest BCUT2D eigenvalue weighted by atomic mass is 10.1. The van der Waals surface area contributed by atoms with E-state index in [2.05, 4.69) is 39.3 Å². The number of nitro benzene ring substituents is 1. The average Bonchev–Trinajstić information content (AvgIpc) is 3.88. The molecule has 0 amide bonds. The molecule has 1 saturated heterocycles. The van der Waals surface area contributed by atoms with Crippen LogP contribution in [0.3, 0.4) is 0 Å². The molecule has 7 rings (SSSR count). The zero-order valence-electron chi connectivity index (χ0n) is 32.1. The van der Waals surface area contributed by atoms with Crippen molar-refractivity contribution in [1.29, 1.82) is 0 Å². The lowest BCUT2D eigenvalue weighted by Gasteiger charge is -2.22. The molecule has 14 heteroatoms. The standard InChI is InChI=1S/C42H45N7O7/c1-46(2)19-20-47(3)37-24-39(53-5)35(23-38(37)49(50)51)45-42-43-18-17-34(44-42)33-26-48(36-12-7-6-10-31(33)36)25-29-9-8-11-32(41-54-21-22-55-41)40(29)56-27-28-13-15-30(52-4)16-14-28/h6-18,23-24,26,41H,19-22,25,27H2,1-5H3,(H,43,44,45). The Hall–Kier alpha value is -6.22. The summed E-state index contributed by atoms with van der Waals surface area (Å²) in [5.41, 5.74) is 6.11. The Morgan fingerprint density at radius 1 is 0.946 bits per heavy atom. The number of anilines is 3. The van der Waals surface area contributed by atoms with Crippen LogP contribution in [0.2, 0.25) is 0 Å². The second kappa shape index (κ2) is 17.1. The van der Waals surface area contributed by atoms with Crippen LogP contribution in [0.4, 0.5) is 23.0 Å². The first-order valence-corrected chi connectivity index (χ1v) is 18.2. The number of fused-ring (bicyclic) bond motifs is 1. The first kappa shape index (κ1) is 38.1. The van der Waals surface area contributed by atoms with Crippen molar-refractivity contribution in [3.63, 3.8) is 0 Å². The van der Waals surface area contributed by atoms with Crippen molar-refractivity contribution in [1.82, 2.24) is 19.4 Å². The molecule has 56 heavy (non-hydrogen) atoms. The molecule has 1 fully saturated rings. The summed E-state index contributed by atoms with van der Waals surface area (Å²) in [7, 11) is 8.92. The van der Waals surface area contributed by atoms with E-state index in [1.165, 1.54) is 13.2 Å². The van der Waals surface area contributed by atoms with Gasteiger partial charge in [0.25, 0.3) is 5.69 Å². The number of hydrogen-bond acceptors (Lipinski definition) is 12. The van der Waals surface area contributed by atoms with E-state index in [1.807, 2.05) is 85.5 Å². The zero-order chi connectivity index (χ0) is 39.2. The number of methoxy groups -OCH3 is 2. The fourth-order valence-electron chi connectivity index (χ4n) is 6.71. The smallest absolute Gasteiger partial charge is 0.294 e. The quantitative estimate of drug-likeness (QED) is 0.0776. The van der Waals surface area contributed by atoms with Crippen molar-refractivity contribution < 1.29 is 28.6 Å². The molecule has 290 valence electrons. The van der Waals surface area contributed by atoms with Gasteiger partial charge in [0.05, 0.1) is 55.8 Å². The molecule has 0 saturated carbocycles. The van der Waals surface area contributed by atoms with Gasteiger partial charge in [-0.05, 0) is 43.9 Å². The van der Waals surface area contributed by atoms with Crippen LogP contribution in [0.5, 0.6) is 17.2 Å². The molecule has 3 heterocycles. The van der Waals surface area contributed by atoms with Crippen molar-refractivity contribution in [3.8, 4) is 28.5 Å². The molecule has 6 aromatic rings. The van der Waals surface area contributed by atoms with Crippen molar-refractivity contribution in [2.24, 2.45) is 0 Å². The molecule has 0 unspecified atom stereocenters. The molecule has 0 atom stereocenters. The molecule has 0 bridgehead atoms. The second-order valence-corrected chi connectivity index (χ2v) is 13.6. The summed E-state index contributed by atoms with van der Waals surface area (Å²) in [6, 6.07) is 27.0. The number of rotatable bonds is 16. The molecule has 0 radical (unpaired) electrons. The molecule has 1 aliphatic heterocycles. The van der Waals surface area contributed by atoms with Gasteiger partial charge < -0.3 is 43.4 Å². The molecule has 0 spiro atoms. The van der Waals surface area contributed by atoms with Crippen LogP contribution < -0.4 is 24.4 Å². The van der Waals surface area contributed by atoms with Gasteiger partial charge in [-0.3, -0.25) is 10.1 Å². The van der Waals surface area contributed by atoms with Crippen LogP contribution in [0.15, 0.2) is 97.3 Å². The third-order valence-corrected chi connectivity index (χ3v) is 9.64. The van der Waals surface area contributed by atoms with Gasteiger partial charge in [-0.1, -0.05) is 48.5 Å². The minimum atomic E-state index is -0.523. The molecule has 0 aliphatic carbocycles. The minimum Gasteiger partial charge on any atom is -0.497 e. The van der Waals surface area contributed by atoms with Crippen LogP contribution in [0.1, 0.15) is 23.0 Å². The van der Waals surface area contributed by atoms with E-state index in [0.717, 1.165) is 45.5 Å². The predicted molar refractivity (Wildman–Crippen MR) is 215 cm³/mol. The van der Waals surface area contributed by atoms with Gasteiger partial charge in [0.2, 0.25) is 5.95 Å². The number of para-hydroxylation sites is 2. The van der Waals surface area contributed by atoms with E-state index in [9.17, 15) is 10.1 Å². The van der Waals surface area contributed by atoms with E-state index in [4.69, 9.17) is 28.7 Å². The van der Waals surface area contributed by atoms with Crippen LogP contribution in [-0.4, -0.2) is 86.0 Å². The number of aromatic nitrogens is 3. The van der Waals surface area contributed by atoms with Gasteiger partial charge >= 0.3 is 0 Å². The van der Waals surface area contributed by atoms with Crippen LogP contribution in [0, 0.1) is 10.1 Å². The van der Waals surface area contributed by atoms with Gasteiger partial charge in [-0.2, -0.15) is 0 Å². The minimum absolute atomic E-state index is 0.0590. The third-order valence-electron chi connectivity index (χ3n) is 9.64. The third kappa shape index (κ3) is 8.37. The van der Waals surface area contributed by atoms with E-state index in [1.54, 1.807) is 19.4 Å². The molecule has 14 nitrogen and oxygen atoms in total. The first-order chi connectivity index (χ1) is 27.2. The maximum Gasteiger partial charge on any atom is 0.294 e. The topological polar surface area (TPSA) is 139 Å². The number of nitro groups is 1. The highest BCUT2D eigenvalue weighted by Gasteiger charge is 2.26. The summed E-state index contributed by atoms with van der Waals surface area (Å²) in [6.07, 6.45) is 3.21. The van der Waals surface area contributed by atoms with Crippen molar-refractivity contribution >= 4 is 33.9 Å². The largest absolute Gasteiger partial charge is 0.497 e. The van der Waals surface area contributed by atoms with Gasteiger partial charge in [0.1, 0.15) is 29.5 Å². The van der Waals surface area contributed by atoms with Gasteiger partial charge in [0.15, 0.2) is 6.29 Å². The lowest BCUT2D eigenvalue weighted by Crippen LogP contribution is -2.28.